The Kier molecular flexibility index (Phi) is 12.7. The molecule has 0 aliphatic heterocycles. The average Bonchev–Trinajstić information content (AvgIpc) is 2.70. The predicted octanol–water partition coefficient (Wildman–Crippen LogP) is -2.91. The minimum Gasteiger partial charge on any atom is -0.480 e. The van der Waals surface area contributed by atoms with Crippen LogP contribution in [0.25, 0.3) is 0 Å². The number of thiol groups is 1. The molecule has 30 heavy (non-hydrogen) atoms. The van der Waals surface area contributed by atoms with Crippen LogP contribution in [0.5, 0.6) is 0 Å². The zero-order valence-corrected chi connectivity index (χ0v) is 17.9. The quantitative estimate of drug-likeness (QED) is 0.128. The Labute approximate surface area is 179 Å². The lowest BCUT2D eigenvalue weighted by Gasteiger charge is -2.27. The van der Waals surface area contributed by atoms with Crippen molar-refractivity contribution in [3.05, 3.63) is 0 Å². The Hall–Kier alpha value is -2.38. The number of aliphatic hydroxyl groups excluding tert-OH is 1. The molecular weight excluding hydrogens is 418 g/mol. The molecule has 0 aliphatic carbocycles. The number of nitrogens with one attached hydrogen (secondary N) is 3. The molecule has 0 spiro atoms. The van der Waals surface area contributed by atoms with Gasteiger partial charge in [-0.1, -0.05) is 20.3 Å². The lowest BCUT2D eigenvalue weighted by molar-refractivity contribution is -0.143. The van der Waals surface area contributed by atoms with E-state index in [2.05, 4.69) is 28.6 Å². The summed E-state index contributed by atoms with van der Waals surface area (Å²) in [7, 11) is 0. The average molecular weight is 450 g/mol. The minimum atomic E-state index is -1.36. The van der Waals surface area contributed by atoms with E-state index in [0.29, 0.717) is 6.42 Å². The molecule has 4 amide bonds. The number of rotatable bonds is 14. The summed E-state index contributed by atoms with van der Waals surface area (Å²) < 4.78 is 0. The molecule has 0 saturated carbocycles. The molecule has 0 bridgehead atoms. The second kappa shape index (κ2) is 13.8. The van der Waals surface area contributed by atoms with Crippen LogP contribution < -0.4 is 27.4 Å². The summed E-state index contributed by atoms with van der Waals surface area (Å²) in [5.74, 6) is -4.81. The number of aliphatic hydroxyl groups is 1. The number of aliphatic carboxylic acids is 1. The number of hydrogen-bond acceptors (Lipinski definition) is 8. The highest BCUT2D eigenvalue weighted by Gasteiger charge is 2.32. The van der Waals surface area contributed by atoms with Crippen LogP contribution in [0.3, 0.4) is 0 Å². The van der Waals surface area contributed by atoms with Crippen molar-refractivity contribution in [2.24, 2.45) is 17.4 Å². The molecule has 0 radical (unpaired) electrons. The second-order valence-corrected chi connectivity index (χ2v) is 7.17. The van der Waals surface area contributed by atoms with Crippen LogP contribution in [0.2, 0.25) is 0 Å². The van der Waals surface area contributed by atoms with Crippen molar-refractivity contribution in [3.63, 3.8) is 0 Å². The van der Waals surface area contributed by atoms with Gasteiger partial charge in [0.25, 0.3) is 0 Å². The normalized spacial score (nSPS) is 15.8. The minimum absolute atomic E-state index is 0.110. The highest BCUT2D eigenvalue weighted by Crippen LogP contribution is 2.10. The van der Waals surface area contributed by atoms with Gasteiger partial charge in [-0.25, -0.2) is 4.79 Å². The lowest BCUT2D eigenvalue weighted by Crippen LogP contribution is -2.59. The van der Waals surface area contributed by atoms with Gasteiger partial charge in [0.2, 0.25) is 23.6 Å². The van der Waals surface area contributed by atoms with Gasteiger partial charge in [0.05, 0.1) is 6.61 Å². The fraction of sp³-hybridized carbons (Fsp3) is 0.706. The topological polar surface area (TPSA) is 214 Å². The molecule has 5 atom stereocenters. The predicted molar refractivity (Wildman–Crippen MR) is 110 cm³/mol. The summed E-state index contributed by atoms with van der Waals surface area (Å²) in [5.41, 5.74) is 10.4. The van der Waals surface area contributed by atoms with Crippen molar-refractivity contribution in [3.8, 4) is 0 Å². The Bertz CT molecular complexity index is 634. The molecule has 9 N–H and O–H groups in total. The zero-order valence-electron chi connectivity index (χ0n) is 17.0. The van der Waals surface area contributed by atoms with Gasteiger partial charge in [-0.15, -0.1) is 0 Å². The van der Waals surface area contributed by atoms with E-state index in [1.165, 1.54) is 0 Å². The molecular formula is C17H31N5O7S. The molecule has 0 saturated heterocycles. The van der Waals surface area contributed by atoms with Gasteiger partial charge in [0.15, 0.2) is 0 Å². The molecule has 0 heterocycles. The third-order valence-electron chi connectivity index (χ3n) is 4.44. The number of hydrogen-bond donors (Lipinski definition) is 8. The Morgan fingerprint density at radius 2 is 1.57 bits per heavy atom. The number of carboxylic acids is 1. The van der Waals surface area contributed by atoms with Gasteiger partial charge in [-0.05, 0) is 12.3 Å². The molecule has 0 unspecified atom stereocenters. The Morgan fingerprint density at radius 3 is 2.00 bits per heavy atom. The summed E-state index contributed by atoms with van der Waals surface area (Å²) in [5, 5.41) is 25.3. The van der Waals surface area contributed by atoms with Crippen LogP contribution >= 0.6 is 12.6 Å². The second-order valence-electron chi connectivity index (χ2n) is 6.81. The van der Waals surface area contributed by atoms with Crippen molar-refractivity contribution in [2.45, 2.75) is 57.3 Å². The van der Waals surface area contributed by atoms with E-state index < -0.39 is 60.4 Å². The van der Waals surface area contributed by atoms with Crippen molar-refractivity contribution in [2.75, 3.05) is 12.4 Å². The third kappa shape index (κ3) is 9.41. The van der Waals surface area contributed by atoms with Crippen molar-refractivity contribution >= 4 is 42.2 Å². The van der Waals surface area contributed by atoms with Gasteiger partial charge < -0.3 is 37.6 Å². The fourth-order valence-corrected chi connectivity index (χ4v) is 2.57. The van der Waals surface area contributed by atoms with Gasteiger partial charge in [-0.3, -0.25) is 19.2 Å². The van der Waals surface area contributed by atoms with Crippen molar-refractivity contribution in [1.29, 1.82) is 0 Å². The van der Waals surface area contributed by atoms with Crippen LogP contribution in [0.1, 0.15) is 33.1 Å². The van der Waals surface area contributed by atoms with Crippen molar-refractivity contribution in [1.82, 2.24) is 16.0 Å². The highest BCUT2D eigenvalue weighted by atomic mass is 32.1. The highest BCUT2D eigenvalue weighted by molar-refractivity contribution is 7.80. The van der Waals surface area contributed by atoms with E-state index in [9.17, 15) is 29.1 Å². The lowest BCUT2D eigenvalue weighted by atomic mass is 9.97. The number of carbonyl (C=O) groups is 5. The monoisotopic (exact) mass is 449 g/mol. The van der Waals surface area contributed by atoms with Crippen LogP contribution in [0, 0.1) is 5.92 Å². The maximum absolute atomic E-state index is 12.7. The first-order valence-corrected chi connectivity index (χ1v) is 10.0. The standard InChI is InChI=1S/C17H31N5O7S/c1-3-8(2)13(16(27)20-10(17(28)29)4-5-12(19)24)22-15(26)11(7-30)21-14(25)9(18)6-23/h8-11,13,23,30H,3-7,18H2,1-2H3,(H2,19,24)(H,20,27)(H,21,25)(H,22,26)(H,28,29)/t8-,9-,10-,11-,13-/m0/s1. The molecule has 0 aromatic carbocycles. The molecule has 0 aliphatic rings. The largest absolute Gasteiger partial charge is 0.480 e. The van der Waals surface area contributed by atoms with Crippen LogP contribution in [0.15, 0.2) is 0 Å². The summed E-state index contributed by atoms with van der Waals surface area (Å²) >= 11 is 4.00. The Morgan fingerprint density at radius 1 is 1.00 bits per heavy atom. The number of amides is 4. The van der Waals surface area contributed by atoms with Crippen molar-refractivity contribution < 1.29 is 34.2 Å². The SMILES string of the molecule is CC[C@H](C)[C@H](NC(=O)[C@H](CS)NC(=O)[C@@H](N)CO)C(=O)N[C@@H](CCC(N)=O)C(=O)O. The summed E-state index contributed by atoms with van der Waals surface area (Å²) in [6.45, 7) is 2.84. The summed E-state index contributed by atoms with van der Waals surface area (Å²) in [4.78, 5) is 59.3. The number of primary amides is 1. The van der Waals surface area contributed by atoms with Gasteiger partial charge in [0, 0.05) is 12.2 Å². The molecule has 0 rings (SSSR count). The fourth-order valence-electron chi connectivity index (χ4n) is 2.32. The van der Waals surface area contributed by atoms with Crippen LogP contribution in [0.4, 0.5) is 0 Å². The Balaban J connectivity index is 5.31. The smallest absolute Gasteiger partial charge is 0.326 e. The maximum Gasteiger partial charge on any atom is 0.326 e. The first-order valence-electron chi connectivity index (χ1n) is 9.37. The first kappa shape index (κ1) is 27.6. The van der Waals surface area contributed by atoms with E-state index in [1.54, 1.807) is 13.8 Å². The van der Waals surface area contributed by atoms with E-state index in [1.807, 2.05) is 0 Å². The number of nitrogens with two attached hydrogens (primary N) is 2. The third-order valence-corrected chi connectivity index (χ3v) is 4.80. The van der Waals surface area contributed by atoms with Gasteiger partial charge in [0.1, 0.15) is 24.2 Å². The molecule has 0 fully saturated rings. The molecule has 13 heteroatoms. The van der Waals surface area contributed by atoms with E-state index >= 15 is 0 Å². The molecule has 0 aromatic rings. The van der Waals surface area contributed by atoms with Gasteiger partial charge in [-0.2, -0.15) is 12.6 Å². The van der Waals surface area contributed by atoms with Crippen LogP contribution in [-0.4, -0.2) is 76.3 Å². The van der Waals surface area contributed by atoms with E-state index in [4.69, 9.17) is 16.6 Å². The first-order chi connectivity index (χ1) is 14.0. The number of carbonyl (C=O) groups excluding carboxylic acids is 4. The molecule has 172 valence electrons. The molecule has 0 aromatic heterocycles. The van der Waals surface area contributed by atoms with Gasteiger partial charge >= 0.3 is 5.97 Å². The summed E-state index contributed by atoms with van der Waals surface area (Å²) in [6.07, 6.45) is 0.0348. The maximum atomic E-state index is 12.7. The summed E-state index contributed by atoms with van der Waals surface area (Å²) in [6, 6.07) is -4.83. The zero-order chi connectivity index (χ0) is 23.4. The number of carboxylic acid groups (broad SMARTS) is 1. The molecule has 12 nitrogen and oxygen atoms in total. The van der Waals surface area contributed by atoms with E-state index in [0.717, 1.165) is 0 Å². The van der Waals surface area contributed by atoms with Crippen LogP contribution in [-0.2, 0) is 24.0 Å². The van der Waals surface area contributed by atoms with E-state index in [-0.39, 0.29) is 24.5 Å².